The second-order valence-electron chi connectivity index (χ2n) is 7.15. The highest BCUT2D eigenvalue weighted by Crippen LogP contribution is 2.26. The van der Waals surface area contributed by atoms with Crippen LogP contribution in [0, 0.1) is 30.1 Å². The first kappa shape index (κ1) is 19.2. The normalized spacial score (nSPS) is 22.9. The summed E-state index contributed by atoms with van der Waals surface area (Å²) < 4.78 is 4.88. The number of hydrogen-bond acceptors (Lipinski definition) is 6. The van der Waals surface area contributed by atoms with Crippen molar-refractivity contribution in [2.45, 2.75) is 13.3 Å². The van der Waals surface area contributed by atoms with Crippen molar-refractivity contribution < 1.29 is 14.3 Å². The lowest BCUT2D eigenvalue weighted by atomic mass is 9.85. The minimum Gasteiger partial charge on any atom is -0.469 e. The highest BCUT2D eigenvalue weighted by atomic mass is 16.5. The number of piperazine rings is 1. The summed E-state index contributed by atoms with van der Waals surface area (Å²) in [6, 6.07) is 7.86. The van der Waals surface area contributed by atoms with Crippen LogP contribution in [0.15, 0.2) is 18.2 Å². The minimum absolute atomic E-state index is 0.0584. The van der Waals surface area contributed by atoms with E-state index in [0.717, 1.165) is 30.9 Å². The summed E-state index contributed by atoms with van der Waals surface area (Å²) in [6.07, 6.45) is 0.660. The summed E-state index contributed by atoms with van der Waals surface area (Å²) in [5.41, 5.74) is 2.83. The molecular weight excluding hydrogens is 344 g/mol. The Bertz CT molecular complexity index is 750. The number of hydrogen-bond donors (Lipinski definition) is 1. The highest BCUT2D eigenvalue weighted by Gasteiger charge is 2.39. The average molecular weight is 370 g/mol. The minimum atomic E-state index is -0.407. The van der Waals surface area contributed by atoms with Crippen LogP contribution < -0.4 is 10.2 Å². The number of ether oxygens (including phenoxy) is 1. The van der Waals surface area contributed by atoms with Crippen LogP contribution in [-0.4, -0.2) is 63.2 Å². The number of anilines is 1. The van der Waals surface area contributed by atoms with Gasteiger partial charge in [-0.3, -0.25) is 9.59 Å². The van der Waals surface area contributed by atoms with Crippen molar-refractivity contribution in [2.24, 2.45) is 11.8 Å². The molecule has 1 N–H and O–H groups in total. The molecule has 2 fully saturated rings. The number of carbonyl (C=O) groups excluding carboxylic acids is 2. The van der Waals surface area contributed by atoms with Crippen LogP contribution in [0.2, 0.25) is 0 Å². The summed E-state index contributed by atoms with van der Waals surface area (Å²) >= 11 is 0. The predicted molar refractivity (Wildman–Crippen MR) is 101 cm³/mol. The summed E-state index contributed by atoms with van der Waals surface area (Å²) in [5, 5.41) is 12.2. The van der Waals surface area contributed by atoms with Gasteiger partial charge in [-0.05, 0) is 43.7 Å². The third-order valence-corrected chi connectivity index (χ3v) is 5.56. The number of nitrogens with one attached hydrogen (secondary N) is 1. The van der Waals surface area contributed by atoms with Crippen molar-refractivity contribution in [1.29, 1.82) is 5.26 Å². The van der Waals surface area contributed by atoms with Crippen LogP contribution in [0.4, 0.5) is 5.69 Å². The largest absolute Gasteiger partial charge is 0.469 e. The van der Waals surface area contributed by atoms with Crippen LogP contribution in [0.25, 0.3) is 0 Å². The standard InChI is InChI=1S/C20H26N4O3/c1-14-11-15(12-21)3-4-18(14)23-7-9-24(10-8-23)19(25)16-5-6-22-13-17(16)20(26)27-2/h3-4,11,16-17,22H,5-10,13H2,1-2H3/t16-,17-/m0/s1. The molecule has 2 aliphatic rings. The van der Waals surface area contributed by atoms with Gasteiger partial charge in [-0.2, -0.15) is 5.26 Å². The molecule has 0 unspecified atom stereocenters. The summed E-state index contributed by atoms with van der Waals surface area (Å²) in [4.78, 5) is 29.2. The molecule has 27 heavy (non-hydrogen) atoms. The number of methoxy groups -OCH3 is 1. The number of piperidine rings is 1. The van der Waals surface area contributed by atoms with E-state index in [2.05, 4.69) is 16.3 Å². The molecule has 0 aliphatic carbocycles. The molecule has 0 saturated carbocycles. The fourth-order valence-corrected chi connectivity index (χ4v) is 4.04. The van der Waals surface area contributed by atoms with Crippen molar-refractivity contribution in [3.05, 3.63) is 29.3 Å². The van der Waals surface area contributed by atoms with E-state index in [1.165, 1.54) is 7.11 Å². The monoisotopic (exact) mass is 370 g/mol. The quantitative estimate of drug-likeness (QED) is 0.796. The van der Waals surface area contributed by atoms with Crippen molar-refractivity contribution in [2.75, 3.05) is 51.3 Å². The number of aryl methyl sites for hydroxylation is 1. The van der Waals surface area contributed by atoms with E-state index in [4.69, 9.17) is 10.00 Å². The second kappa shape index (κ2) is 8.40. The van der Waals surface area contributed by atoms with Crippen LogP contribution in [0.1, 0.15) is 17.5 Å². The lowest BCUT2D eigenvalue weighted by molar-refractivity contribution is -0.154. The Kier molecular flexibility index (Phi) is 5.97. The lowest BCUT2D eigenvalue weighted by Gasteiger charge is -2.40. The maximum atomic E-state index is 13.0. The zero-order valence-electron chi connectivity index (χ0n) is 15.9. The Hall–Kier alpha value is -2.59. The molecular formula is C20H26N4O3. The third kappa shape index (κ3) is 4.06. The van der Waals surface area contributed by atoms with Crippen LogP contribution >= 0.6 is 0 Å². The van der Waals surface area contributed by atoms with E-state index in [0.29, 0.717) is 31.6 Å². The van der Waals surface area contributed by atoms with Gasteiger partial charge >= 0.3 is 5.97 Å². The Morgan fingerprint density at radius 2 is 1.96 bits per heavy atom. The molecule has 2 heterocycles. The fourth-order valence-electron chi connectivity index (χ4n) is 4.04. The van der Waals surface area contributed by atoms with Gasteiger partial charge < -0.3 is 19.9 Å². The number of nitrogens with zero attached hydrogens (tertiary/aromatic N) is 3. The summed E-state index contributed by atoms with van der Waals surface area (Å²) in [5.74, 6) is -0.965. The van der Waals surface area contributed by atoms with Gasteiger partial charge in [-0.1, -0.05) is 0 Å². The Labute approximate surface area is 159 Å². The van der Waals surface area contributed by atoms with Crippen molar-refractivity contribution in [1.82, 2.24) is 10.2 Å². The van der Waals surface area contributed by atoms with E-state index >= 15 is 0 Å². The number of rotatable bonds is 3. The third-order valence-electron chi connectivity index (χ3n) is 5.56. The van der Waals surface area contributed by atoms with E-state index in [9.17, 15) is 9.59 Å². The summed E-state index contributed by atoms with van der Waals surface area (Å²) in [7, 11) is 1.37. The zero-order valence-corrected chi connectivity index (χ0v) is 15.9. The molecule has 2 saturated heterocycles. The first-order valence-electron chi connectivity index (χ1n) is 9.38. The summed E-state index contributed by atoms with van der Waals surface area (Å²) in [6.45, 7) is 6.00. The van der Waals surface area contributed by atoms with Gasteiger partial charge in [0.25, 0.3) is 0 Å². The van der Waals surface area contributed by atoms with E-state index in [1.54, 1.807) is 0 Å². The first-order chi connectivity index (χ1) is 13.0. The van der Waals surface area contributed by atoms with Gasteiger partial charge in [0.1, 0.15) is 0 Å². The molecule has 0 bridgehead atoms. The van der Waals surface area contributed by atoms with Crippen LogP contribution in [0.5, 0.6) is 0 Å². The number of amides is 1. The van der Waals surface area contributed by atoms with E-state index < -0.39 is 5.92 Å². The molecule has 0 aromatic heterocycles. The van der Waals surface area contributed by atoms with Gasteiger partial charge in [0.05, 0.1) is 30.6 Å². The number of benzene rings is 1. The molecule has 7 nitrogen and oxygen atoms in total. The topological polar surface area (TPSA) is 85.7 Å². The highest BCUT2D eigenvalue weighted by molar-refractivity contribution is 5.86. The van der Waals surface area contributed by atoms with Crippen molar-refractivity contribution in [3.63, 3.8) is 0 Å². The molecule has 7 heteroatoms. The van der Waals surface area contributed by atoms with Gasteiger partial charge in [0.15, 0.2) is 0 Å². The lowest BCUT2D eigenvalue weighted by Crippen LogP contribution is -2.54. The molecule has 144 valence electrons. The van der Waals surface area contributed by atoms with E-state index in [1.807, 2.05) is 30.0 Å². The SMILES string of the molecule is COC(=O)[C@H]1CNCC[C@@H]1C(=O)N1CCN(c2ccc(C#N)cc2C)CC1. The van der Waals surface area contributed by atoms with Gasteiger partial charge in [0.2, 0.25) is 5.91 Å². The zero-order chi connectivity index (χ0) is 19.4. The first-order valence-corrected chi connectivity index (χ1v) is 9.38. The Balaban J connectivity index is 1.64. The van der Waals surface area contributed by atoms with Gasteiger partial charge in [-0.15, -0.1) is 0 Å². The van der Waals surface area contributed by atoms with Gasteiger partial charge in [-0.25, -0.2) is 0 Å². The van der Waals surface area contributed by atoms with Crippen molar-refractivity contribution in [3.8, 4) is 6.07 Å². The molecule has 1 aromatic rings. The molecule has 1 aromatic carbocycles. The molecule has 2 atom stereocenters. The van der Waals surface area contributed by atoms with Crippen LogP contribution in [-0.2, 0) is 14.3 Å². The second-order valence-corrected chi connectivity index (χ2v) is 7.15. The Morgan fingerprint density at radius 3 is 2.59 bits per heavy atom. The maximum absolute atomic E-state index is 13.0. The molecule has 0 spiro atoms. The number of esters is 1. The number of nitriles is 1. The molecule has 1 amide bonds. The fraction of sp³-hybridized carbons (Fsp3) is 0.550. The number of carbonyl (C=O) groups is 2. The smallest absolute Gasteiger partial charge is 0.310 e. The Morgan fingerprint density at radius 1 is 1.22 bits per heavy atom. The predicted octanol–water partition coefficient (Wildman–Crippen LogP) is 0.914. The molecule has 3 rings (SSSR count). The molecule has 2 aliphatic heterocycles. The maximum Gasteiger partial charge on any atom is 0.310 e. The molecule has 0 radical (unpaired) electrons. The van der Waals surface area contributed by atoms with Crippen LogP contribution in [0.3, 0.4) is 0 Å². The van der Waals surface area contributed by atoms with Crippen molar-refractivity contribution >= 4 is 17.6 Å². The van der Waals surface area contributed by atoms with Gasteiger partial charge in [0, 0.05) is 38.4 Å². The average Bonchev–Trinajstić information content (AvgIpc) is 2.72. The van der Waals surface area contributed by atoms with E-state index in [-0.39, 0.29) is 17.8 Å².